The molecule has 8 nitrogen and oxygen atoms in total. The van der Waals surface area contributed by atoms with Crippen LogP contribution in [-0.2, 0) is 38.0 Å². The number of carbonyl (C=O) groups is 2. The van der Waals surface area contributed by atoms with Gasteiger partial charge in [0.1, 0.15) is 24.4 Å². The van der Waals surface area contributed by atoms with Crippen LogP contribution < -0.4 is 0 Å². The van der Waals surface area contributed by atoms with Crippen molar-refractivity contribution < 1.29 is 38.0 Å². The van der Waals surface area contributed by atoms with E-state index in [1.165, 1.54) is 0 Å². The average molecular weight is 445 g/mol. The van der Waals surface area contributed by atoms with Crippen LogP contribution in [0.5, 0.6) is 0 Å². The lowest BCUT2D eigenvalue weighted by Crippen LogP contribution is -2.65. The van der Waals surface area contributed by atoms with E-state index < -0.39 is 11.2 Å². The van der Waals surface area contributed by atoms with Crippen molar-refractivity contribution >= 4 is 11.9 Å². The highest BCUT2D eigenvalue weighted by molar-refractivity contribution is 5.71. The maximum Gasteiger partial charge on any atom is 0.332 e. The van der Waals surface area contributed by atoms with Crippen molar-refractivity contribution in [2.45, 2.75) is 72.0 Å². The highest BCUT2D eigenvalue weighted by Crippen LogP contribution is 2.73. The summed E-state index contributed by atoms with van der Waals surface area (Å²) in [4.78, 5) is 23.1. The van der Waals surface area contributed by atoms with Crippen LogP contribution in [0.15, 0.2) is 0 Å². The van der Waals surface area contributed by atoms with Gasteiger partial charge in [-0.15, -0.1) is 0 Å². The lowest BCUT2D eigenvalue weighted by Gasteiger charge is -2.70. The van der Waals surface area contributed by atoms with Crippen molar-refractivity contribution in [3.05, 3.63) is 0 Å². The molecule has 0 aromatic rings. The standard InChI is InChI=1S/C23H40O8/c1-20(2,3)30-18(24)11-26-7-9-28-16-22-13-23(14-22,15-22)17-29-10-8-27-12-19(25)31-21(4,5)6/h7-17H2,1-6H3. The fourth-order valence-corrected chi connectivity index (χ4v) is 4.40. The van der Waals surface area contributed by atoms with Crippen molar-refractivity contribution in [2.24, 2.45) is 10.8 Å². The minimum absolute atomic E-state index is 0.0479. The minimum atomic E-state index is -0.492. The van der Waals surface area contributed by atoms with Gasteiger partial charge in [-0.05, 0) is 71.6 Å². The SMILES string of the molecule is CC(C)(C)OC(=O)COCCOCC12CC(COCCOCC(=O)OC(C)(C)C)(C1)C2. The van der Waals surface area contributed by atoms with Gasteiger partial charge in [-0.3, -0.25) is 0 Å². The Hall–Kier alpha value is -1.22. The van der Waals surface area contributed by atoms with E-state index >= 15 is 0 Å². The Kier molecular flexibility index (Phi) is 8.90. The molecular weight excluding hydrogens is 404 g/mol. The lowest BCUT2D eigenvalue weighted by atomic mass is 9.35. The maximum atomic E-state index is 11.5. The van der Waals surface area contributed by atoms with E-state index in [4.69, 9.17) is 28.4 Å². The summed E-state index contributed by atoms with van der Waals surface area (Å²) in [5, 5.41) is 0. The topological polar surface area (TPSA) is 89.5 Å². The Labute approximate surface area is 186 Å². The second-order valence-electron chi connectivity index (χ2n) is 10.9. The molecule has 180 valence electrons. The molecule has 0 radical (unpaired) electrons. The van der Waals surface area contributed by atoms with Gasteiger partial charge in [-0.1, -0.05) is 0 Å². The van der Waals surface area contributed by atoms with E-state index in [-0.39, 0.29) is 25.2 Å². The highest BCUT2D eigenvalue weighted by atomic mass is 16.6. The van der Waals surface area contributed by atoms with E-state index in [0.29, 0.717) is 37.3 Å². The Balaban J connectivity index is 1.41. The second kappa shape index (κ2) is 10.6. The van der Waals surface area contributed by atoms with Gasteiger partial charge in [-0.2, -0.15) is 0 Å². The van der Waals surface area contributed by atoms with Crippen LogP contribution in [0.1, 0.15) is 60.8 Å². The molecule has 3 aliphatic rings. The summed E-state index contributed by atoms with van der Waals surface area (Å²) in [6, 6.07) is 0. The number of carbonyl (C=O) groups excluding carboxylic acids is 2. The fraction of sp³-hybridized carbons (Fsp3) is 0.913. The minimum Gasteiger partial charge on any atom is -0.458 e. The first-order valence-electron chi connectivity index (χ1n) is 11.1. The number of esters is 2. The van der Waals surface area contributed by atoms with Crippen LogP contribution in [0, 0.1) is 10.8 Å². The zero-order chi connectivity index (χ0) is 23.2. The third-order valence-electron chi connectivity index (χ3n) is 5.09. The Morgan fingerprint density at radius 3 is 1.26 bits per heavy atom. The molecule has 3 fully saturated rings. The molecule has 2 bridgehead atoms. The van der Waals surface area contributed by atoms with Crippen LogP contribution in [0.3, 0.4) is 0 Å². The van der Waals surface area contributed by atoms with Gasteiger partial charge in [0.15, 0.2) is 0 Å². The van der Waals surface area contributed by atoms with E-state index in [1.807, 2.05) is 41.5 Å². The van der Waals surface area contributed by atoms with Crippen LogP contribution >= 0.6 is 0 Å². The molecule has 3 saturated carbocycles. The van der Waals surface area contributed by atoms with E-state index in [9.17, 15) is 9.59 Å². The van der Waals surface area contributed by atoms with Crippen LogP contribution in [-0.4, -0.2) is 76.0 Å². The molecular formula is C23H40O8. The molecule has 0 atom stereocenters. The van der Waals surface area contributed by atoms with Crippen LogP contribution in [0.25, 0.3) is 0 Å². The molecule has 0 heterocycles. The molecule has 0 saturated heterocycles. The lowest BCUT2D eigenvalue weighted by molar-refractivity contribution is -0.254. The summed E-state index contributed by atoms with van der Waals surface area (Å²) < 4.78 is 32.4. The van der Waals surface area contributed by atoms with Gasteiger partial charge in [0.2, 0.25) is 0 Å². The van der Waals surface area contributed by atoms with Crippen molar-refractivity contribution in [3.8, 4) is 0 Å². The third-order valence-corrected chi connectivity index (χ3v) is 5.09. The molecule has 3 aliphatic carbocycles. The van der Waals surface area contributed by atoms with Gasteiger partial charge in [0, 0.05) is 0 Å². The summed E-state index contributed by atoms with van der Waals surface area (Å²) in [5.41, 5.74) is -0.398. The Morgan fingerprint density at radius 2 is 0.935 bits per heavy atom. The summed E-state index contributed by atoms with van der Waals surface area (Å²) >= 11 is 0. The van der Waals surface area contributed by atoms with Gasteiger partial charge >= 0.3 is 11.9 Å². The van der Waals surface area contributed by atoms with Crippen molar-refractivity contribution in [1.82, 2.24) is 0 Å². The number of rotatable bonds is 14. The van der Waals surface area contributed by atoms with Crippen molar-refractivity contribution in [1.29, 1.82) is 0 Å². The largest absolute Gasteiger partial charge is 0.458 e. The van der Waals surface area contributed by atoms with Crippen molar-refractivity contribution in [3.63, 3.8) is 0 Å². The van der Waals surface area contributed by atoms with Crippen LogP contribution in [0.2, 0.25) is 0 Å². The molecule has 0 N–H and O–H groups in total. The van der Waals surface area contributed by atoms with Gasteiger partial charge in [0.05, 0.1) is 39.6 Å². The predicted octanol–water partition coefficient (Wildman–Crippen LogP) is 2.91. The second-order valence-corrected chi connectivity index (χ2v) is 10.9. The molecule has 8 heteroatoms. The number of ether oxygens (including phenoxy) is 6. The zero-order valence-corrected chi connectivity index (χ0v) is 20.0. The van der Waals surface area contributed by atoms with Crippen LogP contribution in [0.4, 0.5) is 0 Å². The monoisotopic (exact) mass is 444 g/mol. The van der Waals surface area contributed by atoms with Crippen molar-refractivity contribution in [2.75, 3.05) is 52.9 Å². The Morgan fingerprint density at radius 1 is 0.613 bits per heavy atom. The van der Waals surface area contributed by atoms with E-state index in [0.717, 1.165) is 32.5 Å². The number of hydrogen-bond acceptors (Lipinski definition) is 8. The molecule has 0 amide bonds. The Bertz CT molecular complexity index is 532. The summed E-state index contributed by atoms with van der Waals surface area (Å²) in [5.74, 6) is -0.715. The molecule has 0 aromatic heterocycles. The van der Waals surface area contributed by atoms with E-state index in [1.54, 1.807) is 0 Å². The van der Waals surface area contributed by atoms with Gasteiger partial charge in [0.25, 0.3) is 0 Å². The fourth-order valence-electron chi connectivity index (χ4n) is 4.40. The molecule has 3 rings (SSSR count). The highest BCUT2D eigenvalue weighted by Gasteiger charge is 2.67. The summed E-state index contributed by atoms with van der Waals surface area (Å²) in [6.45, 7) is 14.0. The first-order valence-corrected chi connectivity index (χ1v) is 11.1. The first-order chi connectivity index (χ1) is 14.3. The molecule has 0 spiro atoms. The quantitative estimate of drug-likeness (QED) is 0.298. The molecule has 31 heavy (non-hydrogen) atoms. The average Bonchev–Trinajstić information content (AvgIpc) is 2.52. The normalized spacial score (nSPS) is 24.8. The smallest absolute Gasteiger partial charge is 0.332 e. The van der Waals surface area contributed by atoms with Gasteiger partial charge < -0.3 is 28.4 Å². The first kappa shape index (κ1) is 26.0. The molecule has 0 aliphatic heterocycles. The molecule has 0 unspecified atom stereocenters. The molecule has 0 aromatic carbocycles. The zero-order valence-electron chi connectivity index (χ0n) is 20.0. The van der Waals surface area contributed by atoms with Gasteiger partial charge in [-0.25, -0.2) is 9.59 Å². The third kappa shape index (κ3) is 9.43. The number of hydrogen-bond donors (Lipinski definition) is 0. The summed E-state index contributed by atoms with van der Waals surface area (Å²) in [7, 11) is 0. The summed E-state index contributed by atoms with van der Waals surface area (Å²) in [6.07, 6.45) is 3.37. The van der Waals surface area contributed by atoms with E-state index in [2.05, 4.69) is 0 Å². The maximum absolute atomic E-state index is 11.5. The predicted molar refractivity (Wildman–Crippen MR) is 114 cm³/mol.